The molecule has 0 radical (unpaired) electrons. The molecule has 2 rings (SSSR count). The van der Waals surface area contributed by atoms with Gasteiger partial charge in [0.15, 0.2) is 5.78 Å². The third-order valence-electron chi connectivity index (χ3n) is 4.66. The van der Waals surface area contributed by atoms with Crippen LogP contribution in [0.15, 0.2) is 6.07 Å². The summed E-state index contributed by atoms with van der Waals surface area (Å²) < 4.78 is 0. The van der Waals surface area contributed by atoms with Gasteiger partial charge in [-0.1, -0.05) is 0 Å². The van der Waals surface area contributed by atoms with Gasteiger partial charge >= 0.3 is 0 Å². The number of likely N-dealkylation sites (N-methyl/N-ethyl adjacent to an activating group) is 2. The van der Waals surface area contributed by atoms with Crippen LogP contribution in [0.1, 0.15) is 41.0 Å². The number of nitrogens with zero attached hydrogens (tertiary/aromatic N) is 2. The topological polar surface area (TPSA) is 39.3 Å². The molecule has 0 saturated heterocycles. The Kier molecular flexibility index (Phi) is 4.35. The molecule has 20 heavy (non-hydrogen) atoms. The van der Waals surface area contributed by atoms with Gasteiger partial charge in [0.2, 0.25) is 0 Å². The highest BCUT2D eigenvalue weighted by atomic mass is 16.1. The smallest absolute Gasteiger partial charge is 0.178 e. The molecule has 0 amide bonds. The van der Waals surface area contributed by atoms with Crippen molar-refractivity contribution in [2.75, 3.05) is 34.2 Å². The van der Waals surface area contributed by atoms with Gasteiger partial charge in [0.05, 0.1) is 6.54 Å². The summed E-state index contributed by atoms with van der Waals surface area (Å²) in [6.07, 6.45) is 3.78. The number of aromatic nitrogens is 1. The number of hydrogen-bond acceptors (Lipinski definition) is 3. The monoisotopic (exact) mass is 277 g/mol. The van der Waals surface area contributed by atoms with E-state index in [1.165, 1.54) is 19.3 Å². The summed E-state index contributed by atoms with van der Waals surface area (Å²) >= 11 is 0. The van der Waals surface area contributed by atoms with Crippen molar-refractivity contribution in [2.24, 2.45) is 0 Å². The molecule has 4 heteroatoms. The van der Waals surface area contributed by atoms with Gasteiger partial charge in [0, 0.05) is 29.0 Å². The molecule has 1 saturated carbocycles. The maximum atomic E-state index is 12.4. The number of carbonyl (C=O) groups is 1. The van der Waals surface area contributed by atoms with Crippen molar-refractivity contribution in [2.45, 2.75) is 38.6 Å². The minimum Gasteiger partial charge on any atom is -0.362 e. The molecule has 1 aromatic rings. The second-order valence-corrected chi connectivity index (χ2v) is 6.56. The highest BCUT2D eigenvalue weighted by Gasteiger charge is 2.39. The third kappa shape index (κ3) is 2.96. The van der Waals surface area contributed by atoms with E-state index in [1.54, 1.807) is 0 Å². The Bertz CT molecular complexity index is 486. The summed E-state index contributed by atoms with van der Waals surface area (Å²) in [6.45, 7) is 5.41. The molecule has 1 heterocycles. The van der Waals surface area contributed by atoms with Crippen LogP contribution < -0.4 is 0 Å². The van der Waals surface area contributed by atoms with E-state index in [0.717, 1.165) is 23.5 Å². The Labute approximate surface area is 122 Å². The van der Waals surface area contributed by atoms with E-state index in [-0.39, 0.29) is 11.3 Å². The average Bonchev–Trinajstić information content (AvgIpc) is 2.62. The van der Waals surface area contributed by atoms with E-state index in [4.69, 9.17) is 0 Å². The van der Waals surface area contributed by atoms with Crippen LogP contribution in [-0.2, 0) is 0 Å². The van der Waals surface area contributed by atoms with Crippen molar-refractivity contribution < 1.29 is 4.79 Å². The molecule has 112 valence electrons. The number of hydrogen-bond donors (Lipinski definition) is 1. The van der Waals surface area contributed by atoms with Crippen molar-refractivity contribution in [3.8, 4) is 0 Å². The maximum Gasteiger partial charge on any atom is 0.178 e. The first-order chi connectivity index (χ1) is 9.34. The average molecular weight is 277 g/mol. The number of rotatable bonds is 6. The molecule has 0 atom stereocenters. The zero-order valence-corrected chi connectivity index (χ0v) is 13.4. The predicted molar refractivity (Wildman–Crippen MR) is 82.4 cm³/mol. The Morgan fingerprint density at radius 1 is 1.30 bits per heavy atom. The highest BCUT2D eigenvalue weighted by molar-refractivity contribution is 5.98. The van der Waals surface area contributed by atoms with Crippen molar-refractivity contribution in [3.63, 3.8) is 0 Å². The van der Waals surface area contributed by atoms with Gasteiger partial charge < -0.3 is 9.88 Å². The lowest BCUT2D eigenvalue weighted by Gasteiger charge is -2.49. The number of carbonyl (C=O) groups excluding carboxylic acids is 1. The molecule has 1 N–H and O–H groups in total. The van der Waals surface area contributed by atoms with E-state index in [9.17, 15) is 4.79 Å². The number of nitrogens with one attached hydrogen (secondary N) is 1. The number of aromatic amines is 1. The molecule has 1 fully saturated rings. The largest absolute Gasteiger partial charge is 0.362 e. The highest BCUT2D eigenvalue weighted by Crippen LogP contribution is 2.36. The molecule has 1 aliphatic rings. The SMILES string of the molecule is Cc1cc(C(=O)CN(C)CC2(N(C)C)CCC2)c(C)[nH]1. The quantitative estimate of drug-likeness (QED) is 0.811. The molecular formula is C16H27N3O. The Morgan fingerprint density at radius 3 is 2.35 bits per heavy atom. The third-order valence-corrected chi connectivity index (χ3v) is 4.66. The molecule has 1 aliphatic carbocycles. The second-order valence-electron chi connectivity index (χ2n) is 6.56. The van der Waals surface area contributed by atoms with Crippen LogP contribution in [0.25, 0.3) is 0 Å². The Hall–Kier alpha value is -1.13. The minimum absolute atomic E-state index is 0.211. The van der Waals surface area contributed by atoms with Crippen molar-refractivity contribution in [1.82, 2.24) is 14.8 Å². The van der Waals surface area contributed by atoms with Crippen LogP contribution in [0.3, 0.4) is 0 Å². The second kappa shape index (κ2) is 5.70. The van der Waals surface area contributed by atoms with Crippen molar-refractivity contribution in [3.05, 3.63) is 23.0 Å². The fraction of sp³-hybridized carbons (Fsp3) is 0.688. The number of aryl methyl sites for hydroxylation is 2. The first-order valence-corrected chi connectivity index (χ1v) is 7.39. The van der Waals surface area contributed by atoms with Gasteiger partial charge in [-0.05, 0) is 60.3 Å². The predicted octanol–water partition coefficient (Wildman–Crippen LogP) is 2.23. The Morgan fingerprint density at radius 2 is 1.95 bits per heavy atom. The summed E-state index contributed by atoms with van der Waals surface area (Å²) in [5, 5.41) is 0. The normalized spacial score (nSPS) is 17.6. The standard InChI is InChI=1S/C16H27N3O/c1-12-9-14(13(2)17-12)15(20)10-19(5)11-16(18(3)4)7-6-8-16/h9,17H,6-8,10-11H2,1-5H3. The van der Waals surface area contributed by atoms with E-state index in [1.807, 2.05) is 19.9 Å². The molecule has 1 aromatic heterocycles. The molecule has 0 aromatic carbocycles. The minimum atomic E-state index is 0.211. The van der Waals surface area contributed by atoms with Gasteiger partial charge in [0.25, 0.3) is 0 Å². The van der Waals surface area contributed by atoms with Crippen LogP contribution >= 0.6 is 0 Å². The fourth-order valence-corrected chi connectivity index (χ4v) is 3.23. The summed E-state index contributed by atoms with van der Waals surface area (Å²) in [5.74, 6) is 0.211. The molecular weight excluding hydrogens is 250 g/mol. The zero-order chi connectivity index (χ0) is 14.9. The van der Waals surface area contributed by atoms with Gasteiger partial charge in [-0.3, -0.25) is 9.69 Å². The number of ketones is 1. The molecule has 0 bridgehead atoms. The number of Topliss-reactive ketones (excluding diaryl/α,β-unsaturated/α-hetero) is 1. The molecule has 0 aliphatic heterocycles. The Balaban J connectivity index is 1.96. The van der Waals surface area contributed by atoms with Crippen LogP contribution in [-0.4, -0.2) is 60.3 Å². The van der Waals surface area contributed by atoms with Crippen LogP contribution in [0.2, 0.25) is 0 Å². The summed E-state index contributed by atoms with van der Waals surface area (Å²) in [5.41, 5.74) is 3.14. The molecule has 0 unspecified atom stereocenters. The van der Waals surface area contributed by atoms with E-state index in [0.29, 0.717) is 6.54 Å². The first-order valence-electron chi connectivity index (χ1n) is 7.39. The van der Waals surface area contributed by atoms with Crippen LogP contribution in [0, 0.1) is 13.8 Å². The molecule has 4 nitrogen and oxygen atoms in total. The van der Waals surface area contributed by atoms with Crippen LogP contribution in [0.4, 0.5) is 0 Å². The summed E-state index contributed by atoms with van der Waals surface area (Å²) in [7, 11) is 6.35. The van der Waals surface area contributed by atoms with E-state index >= 15 is 0 Å². The van der Waals surface area contributed by atoms with Crippen molar-refractivity contribution >= 4 is 5.78 Å². The van der Waals surface area contributed by atoms with Crippen molar-refractivity contribution in [1.29, 1.82) is 0 Å². The van der Waals surface area contributed by atoms with Gasteiger partial charge in [-0.25, -0.2) is 0 Å². The maximum absolute atomic E-state index is 12.4. The lowest BCUT2D eigenvalue weighted by Crippen LogP contribution is -2.57. The lowest BCUT2D eigenvalue weighted by molar-refractivity contribution is 0.0280. The first kappa shape index (κ1) is 15.3. The molecule has 0 spiro atoms. The summed E-state index contributed by atoms with van der Waals surface area (Å²) in [4.78, 5) is 20.1. The van der Waals surface area contributed by atoms with Gasteiger partial charge in [-0.15, -0.1) is 0 Å². The van der Waals surface area contributed by atoms with Gasteiger partial charge in [-0.2, -0.15) is 0 Å². The zero-order valence-electron chi connectivity index (χ0n) is 13.4. The van der Waals surface area contributed by atoms with E-state index in [2.05, 4.69) is 35.9 Å². The van der Waals surface area contributed by atoms with Crippen LogP contribution in [0.5, 0.6) is 0 Å². The number of H-pyrrole nitrogens is 1. The lowest BCUT2D eigenvalue weighted by atomic mass is 9.75. The fourth-order valence-electron chi connectivity index (χ4n) is 3.23. The summed E-state index contributed by atoms with van der Waals surface area (Å²) in [6, 6.07) is 1.95. The van der Waals surface area contributed by atoms with Gasteiger partial charge in [0.1, 0.15) is 0 Å². The van der Waals surface area contributed by atoms with E-state index < -0.39 is 0 Å².